The van der Waals surface area contributed by atoms with Crippen LogP contribution in [0.25, 0.3) is 0 Å². The fourth-order valence-corrected chi connectivity index (χ4v) is 1.56. The molecule has 1 rings (SSSR count). The molecule has 0 bridgehead atoms. The highest BCUT2D eigenvalue weighted by atomic mass is 19.4. The molecular weight excluding hydrogens is 229 g/mol. The highest BCUT2D eigenvalue weighted by Gasteiger charge is 2.28. The van der Waals surface area contributed by atoms with E-state index in [1.54, 1.807) is 24.4 Å². The third-order valence-corrected chi connectivity index (χ3v) is 2.40. The molecule has 0 aliphatic heterocycles. The van der Waals surface area contributed by atoms with Crippen molar-refractivity contribution in [2.75, 3.05) is 6.54 Å². The third kappa shape index (κ3) is 5.68. The fourth-order valence-electron chi connectivity index (χ4n) is 1.56. The SMILES string of the molecule is CCCNC(CCC(F)(F)F)c1ccccn1. The zero-order chi connectivity index (χ0) is 12.7. The average Bonchev–Trinajstić information content (AvgIpc) is 2.29. The average molecular weight is 246 g/mol. The van der Waals surface area contributed by atoms with Crippen LogP contribution in [-0.2, 0) is 0 Å². The van der Waals surface area contributed by atoms with E-state index in [0.717, 1.165) is 6.42 Å². The van der Waals surface area contributed by atoms with E-state index in [-0.39, 0.29) is 12.5 Å². The lowest BCUT2D eigenvalue weighted by Gasteiger charge is -2.18. The molecule has 0 saturated carbocycles. The number of hydrogen-bond donors (Lipinski definition) is 1. The second-order valence-corrected chi connectivity index (χ2v) is 3.92. The second kappa shape index (κ2) is 6.59. The largest absolute Gasteiger partial charge is 0.389 e. The Morgan fingerprint density at radius 2 is 2.12 bits per heavy atom. The highest BCUT2D eigenvalue weighted by Crippen LogP contribution is 2.26. The summed E-state index contributed by atoms with van der Waals surface area (Å²) in [5.74, 6) is 0. The van der Waals surface area contributed by atoms with Gasteiger partial charge in [-0.05, 0) is 31.5 Å². The van der Waals surface area contributed by atoms with Crippen molar-refractivity contribution in [2.24, 2.45) is 0 Å². The lowest BCUT2D eigenvalue weighted by atomic mass is 10.1. The minimum absolute atomic E-state index is 0.0283. The zero-order valence-electron chi connectivity index (χ0n) is 9.80. The van der Waals surface area contributed by atoms with Crippen LogP contribution in [-0.4, -0.2) is 17.7 Å². The molecule has 1 aromatic rings. The van der Waals surface area contributed by atoms with Gasteiger partial charge in [-0.25, -0.2) is 0 Å². The molecule has 1 unspecified atom stereocenters. The lowest BCUT2D eigenvalue weighted by molar-refractivity contribution is -0.136. The van der Waals surface area contributed by atoms with E-state index < -0.39 is 12.6 Å². The molecule has 0 spiro atoms. The zero-order valence-corrected chi connectivity index (χ0v) is 9.80. The second-order valence-electron chi connectivity index (χ2n) is 3.92. The van der Waals surface area contributed by atoms with Crippen molar-refractivity contribution in [3.05, 3.63) is 30.1 Å². The van der Waals surface area contributed by atoms with Crippen LogP contribution in [0.4, 0.5) is 13.2 Å². The third-order valence-electron chi connectivity index (χ3n) is 2.40. The highest BCUT2D eigenvalue weighted by molar-refractivity contribution is 5.08. The summed E-state index contributed by atoms with van der Waals surface area (Å²) >= 11 is 0. The summed E-state index contributed by atoms with van der Waals surface area (Å²) in [7, 11) is 0. The predicted molar refractivity (Wildman–Crippen MR) is 60.6 cm³/mol. The smallest absolute Gasteiger partial charge is 0.309 e. The van der Waals surface area contributed by atoms with E-state index in [2.05, 4.69) is 10.3 Å². The molecular formula is C12H17F3N2. The van der Waals surface area contributed by atoms with Gasteiger partial charge in [0.15, 0.2) is 0 Å². The van der Waals surface area contributed by atoms with Gasteiger partial charge in [-0.3, -0.25) is 4.98 Å². The van der Waals surface area contributed by atoms with Gasteiger partial charge in [0.2, 0.25) is 0 Å². The Kier molecular flexibility index (Phi) is 5.41. The Morgan fingerprint density at radius 1 is 1.35 bits per heavy atom. The molecule has 0 saturated heterocycles. The molecule has 0 aliphatic carbocycles. The van der Waals surface area contributed by atoms with Crippen LogP contribution in [0.1, 0.15) is 37.9 Å². The number of hydrogen-bond acceptors (Lipinski definition) is 2. The van der Waals surface area contributed by atoms with Gasteiger partial charge in [0.1, 0.15) is 0 Å². The number of halogens is 3. The first-order chi connectivity index (χ1) is 8.03. The van der Waals surface area contributed by atoms with E-state index in [1.807, 2.05) is 6.92 Å². The fraction of sp³-hybridized carbons (Fsp3) is 0.583. The van der Waals surface area contributed by atoms with Crippen molar-refractivity contribution in [3.63, 3.8) is 0 Å². The van der Waals surface area contributed by atoms with Crippen LogP contribution in [0.2, 0.25) is 0 Å². The van der Waals surface area contributed by atoms with Gasteiger partial charge in [-0.15, -0.1) is 0 Å². The summed E-state index contributed by atoms with van der Waals surface area (Å²) in [5, 5.41) is 3.10. The van der Waals surface area contributed by atoms with Crippen LogP contribution in [0.3, 0.4) is 0 Å². The monoisotopic (exact) mass is 246 g/mol. The van der Waals surface area contributed by atoms with E-state index in [0.29, 0.717) is 12.2 Å². The summed E-state index contributed by atoms with van der Waals surface area (Å²) in [6, 6.07) is 4.97. The number of alkyl halides is 3. The molecule has 5 heteroatoms. The summed E-state index contributed by atoms with van der Waals surface area (Å²) in [4.78, 5) is 4.10. The van der Waals surface area contributed by atoms with Crippen LogP contribution >= 0.6 is 0 Å². The van der Waals surface area contributed by atoms with Crippen molar-refractivity contribution in [2.45, 2.75) is 38.4 Å². The standard InChI is InChI=1S/C12H17F3N2/c1-2-8-16-11(6-7-12(13,14)15)10-5-3-4-9-17-10/h3-5,9,11,16H,2,6-8H2,1H3. The van der Waals surface area contributed by atoms with Crippen molar-refractivity contribution in [1.29, 1.82) is 0 Å². The first kappa shape index (κ1) is 14.0. The predicted octanol–water partition coefficient (Wildman–Crippen LogP) is 3.46. The molecule has 2 nitrogen and oxygen atoms in total. The normalized spacial score (nSPS) is 13.6. The Labute approximate surface area is 99.3 Å². The van der Waals surface area contributed by atoms with Gasteiger partial charge in [-0.1, -0.05) is 13.0 Å². The van der Waals surface area contributed by atoms with E-state index in [1.165, 1.54) is 0 Å². The summed E-state index contributed by atoms with van der Waals surface area (Å²) < 4.78 is 36.6. The van der Waals surface area contributed by atoms with Gasteiger partial charge in [0.25, 0.3) is 0 Å². The molecule has 0 aliphatic rings. The molecule has 1 atom stereocenters. The van der Waals surface area contributed by atoms with Crippen LogP contribution < -0.4 is 5.32 Å². The quantitative estimate of drug-likeness (QED) is 0.831. The van der Waals surface area contributed by atoms with Crippen molar-refractivity contribution in [1.82, 2.24) is 10.3 Å². The molecule has 96 valence electrons. The summed E-state index contributed by atoms with van der Waals surface area (Å²) in [6.07, 6.45) is -2.38. The Hall–Kier alpha value is -1.10. The minimum Gasteiger partial charge on any atom is -0.309 e. The maximum atomic E-state index is 12.2. The Morgan fingerprint density at radius 3 is 2.65 bits per heavy atom. The molecule has 1 N–H and O–H groups in total. The number of rotatable bonds is 6. The first-order valence-corrected chi connectivity index (χ1v) is 5.74. The maximum absolute atomic E-state index is 12.2. The van der Waals surface area contributed by atoms with E-state index in [4.69, 9.17) is 0 Å². The maximum Gasteiger partial charge on any atom is 0.389 e. The van der Waals surface area contributed by atoms with Crippen LogP contribution in [0, 0.1) is 0 Å². The molecule has 0 fully saturated rings. The molecule has 0 aromatic carbocycles. The topological polar surface area (TPSA) is 24.9 Å². The van der Waals surface area contributed by atoms with Gasteiger partial charge in [0, 0.05) is 18.7 Å². The van der Waals surface area contributed by atoms with Crippen LogP contribution in [0.5, 0.6) is 0 Å². The van der Waals surface area contributed by atoms with Crippen molar-refractivity contribution >= 4 is 0 Å². The van der Waals surface area contributed by atoms with Crippen molar-refractivity contribution < 1.29 is 13.2 Å². The first-order valence-electron chi connectivity index (χ1n) is 5.74. The molecule has 1 heterocycles. The number of nitrogens with one attached hydrogen (secondary N) is 1. The molecule has 17 heavy (non-hydrogen) atoms. The van der Waals surface area contributed by atoms with Crippen molar-refractivity contribution in [3.8, 4) is 0 Å². The van der Waals surface area contributed by atoms with E-state index in [9.17, 15) is 13.2 Å². The van der Waals surface area contributed by atoms with Gasteiger partial charge in [0.05, 0.1) is 5.69 Å². The Balaban J connectivity index is 2.61. The summed E-state index contributed by atoms with van der Waals surface area (Å²) in [5.41, 5.74) is 0.671. The number of nitrogens with zero attached hydrogens (tertiary/aromatic N) is 1. The minimum atomic E-state index is -4.11. The lowest BCUT2D eigenvalue weighted by Crippen LogP contribution is -2.24. The number of aromatic nitrogens is 1. The molecule has 1 aromatic heterocycles. The summed E-state index contributed by atoms with van der Waals surface area (Å²) in [6.45, 7) is 2.67. The molecule has 0 radical (unpaired) electrons. The van der Waals surface area contributed by atoms with Gasteiger partial charge in [-0.2, -0.15) is 13.2 Å². The van der Waals surface area contributed by atoms with Gasteiger partial charge >= 0.3 is 6.18 Å². The number of pyridine rings is 1. The van der Waals surface area contributed by atoms with Crippen LogP contribution in [0.15, 0.2) is 24.4 Å². The van der Waals surface area contributed by atoms with Gasteiger partial charge < -0.3 is 5.32 Å². The van der Waals surface area contributed by atoms with E-state index >= 15 is 0 Å². The Bertz CT molecular complexity index is 311. The molecule has 0 amide bonds.